The molecule has 0 aliphatic heterocycles. The van der Waals surface area contributed by atoms with E-state index in [2.05, 4.69) is 38.2 Å². The number of likely N-dealkylation sites (N-methyl/N-ethyl adjacent to an activating group) is 1. The maximum atomic E-state index is 5.93. The van der Waals surface area contributed by atoms with Crippen LogP contribution < -0.4 is 5.32 Å². The van der Waals surface area contributed by atoms with Gasteiger partial charge < -0.3 is 14.5 Å². The van der Waals surface area contributed by atoms with E-state index in [-0.39, 0.29) is 11.6 Å². The summed E-state index contributed by atoms with van der Waals surface area (Å²) in [7, 11) is 1.73. The molecule has 0 aliphatic carbocycles. The zero-order valence-corrected chi connectivity index (χ0v) is 11.5. The van der Waals surface area contributed by atoms with Crippen molar-refractivity contribution < 1.29 is 9.15 Å². The Labute approximate surface area is 108 Å². The van der Waals surface area contributed by atoms with Gasteiger partial charge in [0.15, 0.2) is 0 Å². The minimum Gasteiger partial charge on any atom is -0.459 e. The number of nitrogens with one attached hydrogen (secondary N) is 1. The average Bonchev–Trinajstić information content (AvgIpc) is 2.78. The molecule has 0 saturated carbocycles. The monoisotopic (exact) mass is 247 g/mol. The second kappa shape index (κ2) is 5.12. The molecule has 0 saturated heterocycles. The lowest BCUT2D eigenvalue weighted by Crippen LogP contribution is -2.40. The molecule has 1 N–H and O–H groups in total. The molecule has 1 aromatic heterocycles. The van der Waals surface area contributed by atoms with Gasteiger partial charge in [0.25, 0.3) is 0 Å². The van der Waals surface area contributed by atoms with Crippen LogP contribution in [0, 0.1) is 0 Å². The molecule has 0 aliphatic rings. The van der Waals surface area contributed by atoms with E-state index in [1.807, 2.05) is 18.2 Å². The van der Waals surface area contributed by atoms with Crippen molar-refractivity contribution in [3.8, 4) is 0 Å². The van der Waals surface area contributed by atoms with Gasteiger partial charge in [0.1, 0.15) is 11.3 Å². The zero-order chi connectivity index (χ0) is 13.2. The number of hydrogen-bond donors (Lipinski definition) is 1. The predicted molar refractivity (Wildman–Crippen MR) is 73.7 cm³/mol. The third kappa shape index (κ3) is 2.42. The summed E-state index contributed by atoms with van der Waals surface area (Å²) >= 11 is 0. The van der Waals surface area contributed by atoms with Crippen molar-refractivity contribution in [3.63, 3.8) is 0 Å². The molecule has 1 aromatic carbocycles. The Hall–Kier alpha value is -1.32. The van der Waals surface area contributed by atoms with Gasteiger partial charge in [-0.3, -0.25) is 0 Å². The van der Waals surface area contributed by atoms with Gasteiger partial charge >= 0.3 is 0 Å². The SMILES string of the molecule is CCNC(c1cc2ccccc2o1)C(C)(C)OC. The van der Waals surface area contributed by atoms with Crippen LogP contribution in [0.5, 0.6) is 0 Å². The maximum absolute atomic E-state index is 5.93. The van der Waals surface area contributed by atoms with Crippen LogP contribution in [0.4, 0.5) is 0 Å². The van der Waals surface area contributed by atoms with Crippen LogP contribution in [0.15, 0.2) is 34.7 Å². The third-order valence-electron chi connectivity index (χ3n) is 3.36. The lowest BCUT2D eigenvalue weighted by molar-refractivity contribution is -0.0160. The molecule has 2 rings (SSSR count). The largest absolute Gasteiger partial charge is 0.459 e. The summed E-state index contributed by atoms with van der Waals surface area (Å²) in [6.45, 7) is 7.08. The van der Waals surface area contributed by atoms with Gasteiger partial charge in [0.05, 0.1) is 11.6 Å². The van der Waals surface area contributed by atoms with Crippen molar-refractivity contribution in [2.75, 3.05) is 13.7 Å². The quantitative estimate of drug-likeness (QED) is 0.878. The van der Waals surface area contributed by atoms with E-state index in [0.717, 1.165) is 23.3 Å². The molecule has 98 valence electrons. The summed E-state index contributed by atoms with van der Waals surface area (Å²) in [6.07, 6.45) is 0. The first-order valence-corrected chi connectivity index (χ1v) is 6.35. The number of benzene rings is 1. The maximum Gasteiger partial charge on any atom is 0.134 e. The van der Waals surface area contributed by atoms with E-state index in [1.165, 1.54) is 0 Å². The number of furan rings is 1. The molecule has 0 spiro atoms. The molecule has 0 radical (unpaired) electrons. The van der Waals surface area contributed by atoms with E-state index < -0.39 is 0 Å². The molecule has 1 atom stereocenters. The summed E-state index contributed by atoms with van der Waals surface area (Å²) in [6, 6.07) is 10.2. The highest BCUT2D eigenvalue weighted by Crippen LogP contribution is 2.32. The Balaban J connectivity index is 2.41. The standard InChI is InChI=1S/C15H21NO2/c1-5-16-14(15(2,3)17-4)13-10-11-8-6-7-9-12(11)18-13/h6-10,14,16H,5H2,1-4H3. The first-order valence-electron chi connectivity index (χ1n) is 6.35. The number of ether oxygens (including phenoxy) is 1. The molecular formula is C15H21NO2. The van der Waals surface area contributed by atoms with E-state index in [0.29, 0.717) is 0 Å². The molecule has 3 heteroatoms. The van der Waals surface area contributed by atoms with Gasteiger partial charge in [0, 0.05) is 12.5 Å². The van der Waals surface area contributed by atoms with Crippen molar-refractivity contribution in [2.45, 2.75) is 32.4 Å². The van der Waals surface area contributed by atoms with Crippen molar-refractivity contribution in [3.05, 3.63) is 36.1 Å². The number of rotatable bonds is 5. The minimum atomic E-state index is -0.316. The number of para-hydroxylation sites is 1. The van der Waals surface area contributed by atoms with Crippen LogP contribution in [0.25, 0.3) is 11.0 Å². The number of methoxy groups -OCH3 is 1. The van der Waals surface area contributed by atoms with Crippen LogP contribution >= 0.6 is 0 Å². The second-order valence-corrected chi connectivity index (χ2v) is 4.98. The van der Waals surface area contributed by atoms with Crippen LogP contribution in [0.3, 0.4) is 0 Å². The summed E-state index contributed by atoms with van der Waals surface area (Å²) in [5, 5.41) is 4.56. The average molecular weight is 247 g/mol. The van der Waals surface area contributed by atoms with Crippen LogP contribution in [0.1, 0.15) is 32.6 Å². The van der Waals surface area contributed by atoms with Crippen molar-refractivity contribution in [2.24, 2.45) is 0 Å². The fourth-order valence-electron chi connectivity index (χ4n) is 2.16. The molecule has 2 aromatic rings. The minimum absolute atomic E-state index is 0.0416. The summed E-state index contributed by atoms with van der Waals surface area (Å²) in [5.74, 6) is 0.921. The fourth-order valence-corrected chi connectivity index (χ4v) is 2.16. The molecule has 18 heavy (non-hydrogen) atoms. The highest BCUT2D eigenvalue weighted by atomic mass is 16.5. The Morgan fingerprint density at radius 3 is 2.67 bits per heavy atom. The van der Waals surface area contributed by atoms with E-state index in [9.17, 15) is 0 Å². The normalized spacial score (nSPS) is 14.0. The summed E-state index contributed by atoms with van der Waals surface area (Å²) in [5.41, 5.74) is 0.603. The van der Waals surface area contributed by atoms with Gasteiger partial charge in [0.2, 0.25) is 0 Å². The van der Waals surface area contributed by atoms with Crippen molar-refractivity contribution in [1.29, 1.82) is 0 Å². The molecule has 0 amide bonds. The Kier molecular flexibility index (Phi) is 3.73. The van der Waals surface area contributed by atoms with Gasteiger partial charge in [-0.25, -0.2) is 0 Å². The number of hydrogen-bond acceptors (Lipinski definition) is 3. The highest BCUT2D eigenvalue weighted by Gasteiger charge is 2.32. The van der Waals surface area contributed by atoms with Gasteiger partial charge in [-0.15, -0.1) is 0 Å². The molecular weight excluding hydrogens is 226 g/mol. The summed E-state index contributed by atoms with van der Waals surface area (Å²) < 4.78 is 11.5. The van der Waals surface area contributed by atoms with Crippen LogP contribution in [-0.2, 0) is 4.74 Å². The fraction of sp³-hybridized carbons (Fsp3) is 0.467. The Morgan fingerprint density at radius 2 is 2.06 bits per heavy atom. The lowest BCUT2D eigenvalue weighted by atomic mass is 9.96. The van der Waals surface area contributed by atoms with Gasteiger partial charge in [-0.05, 0) is 32.5 Å². The molecule has 0 bridgehead atoms. The molecule has 1 heterocycles. The van der Waals surface area contributed by atoms with Crippen LogP contribution in [0.2, 0.25) is 0 Å². The smallest absolute Gasteiger partial charge is 0.134 e. The third-order valence-corrected chi connectivity index (χ3v) is 3.36. The van der Waals surface area contributed by atoms with E-state index in [1.54, 1.807) is 7.11 Å². The molecule has 0 fully saturated rings. The lowest BCUT2D eigenvalue weighted by Gasteiger charge is -2.32. The molecule has 1 unspecified atom stereocenters. The van der Waals surface area contributed by atoms with Crippen LogP contribution in [-0.4, -0.2) is 19.3 Å². The van der Waals surface area contributed by atoms with E-state index in [4.69, 9.17) is 9.15 Å². The molecule has 3 nitrogen and oxygen atoms in total. The first kappa shape index (κ1) is 13.1. The zero-order valence-electron chi connectivity index (χ0n) is 11.5. The van der Waals surface area contributed by atoms with Crippen molar-refractivity contribution >= 4 is 11.0 Å². The summed E-state index contributed by atoms with van der Waals surface area (Å²) in [4.78, 5) is 0. The Morgan fingerprint density at radius 1 is 1.33 bits per heavy atom. The van der Waals surface area contributed by atoms with Gasteiger partial charge in [-0.2, -0.15) is 0 Å². The Bertz CT molecular complexity index is 483. The van der Waals surface area contributed by atoms with Crippen molar-refractivity contribution in [1.82, 2.24) is 5.32 Å². The first-order chi connectivity index (χ1) is 8.58. The second-order valence-electron chi connectivity index (χ2n) is 4.98. The highest BCUT2D eigenvalue weighted by molar-refractivity contribution is 5.77. The predicted octanol–water partition coefficient (Wildman–Crippen LogP) is 3.51. The topological polar surface area (TPSA) is 34.4 Å². The van der Waals surface area contributed by atoms with E-state index >= 15 is 0 Å². The van der Waals surface area contributed by atoms with Gasteiger partial charge in [-0.1, -0.05) is 25.1 Å². The number of fused-ring (bicyclic) bond motifs is 1.